The van der Waals surface area contributed by atoms with Crippen molar-refractivity contribution in [2.75, 3.05) is 9.44 Å². The summed E-state index contributed by atoms with van der Waals surface area (Å²) in [5.41, 5.74) is 0.284. The molecule has 28 heavy (non-hydrogen) atoms. The fraction of sp³-hybridized carbons (Fsp3) is 0.111. The smallest absolute Gasteiger partial charge is 0.271 e. The van der Waals surface area contributed by atoms with Gasteiger partial charge in [-0.15, -0.1) is 11.3 Å². The van der Waals surface area contributed by atoms with E-state index >= 15 is 0 Å². The minimum atomic E-state index is -4.13. The second kappa shape index (κ2) is 7.53. The lowest BCUT2D eigenvalue weighted by Crippen LogP contribution is -2.16. The molecule has 3 aromatic rings. The van der Waals surface area contributed by atoms with E-state index in [1.165, 1.54) is 42.5 Å². The largest absolute Gasteiger partial charge is 0.279 e. The van der Waals surface area contributed by atoms with Gasteiger partial charge in [0, 0.05) is 4.88 Å². The number of hydrogen-bond acceptors (Lipinski definition) is 5. The number of thiophene rings is 1. The average molecular weight is 441 g/mol. The van der Waals surface area contributed by atoms with E-state index in [0.29, 0.717) is 5.56 Å². The van der Waals surface area contributed by atoms with Crippen LogP contribution in [0.2, 0.25) is 0 Å². The Labute approximate surface area is 167 Å². The molecule has 0 spiro atoms. The number of nitrogens with one attached hydrogen (secondary N) is 2. The average Bonchev–Trinajstić information content (AvgIpc) is 3.06. The predicted octanol–water partition coefficient (Wildman–Crippen LogP) is 4.11. The van der Waals surface area contributed by atoms with Crippen LogP contribution in [0.15, 0.2) is 63.7 Å². The molecule has 0 atom stereocenters. The standard InChI is InChI=1S/C18H17FN2O4S3/c1-12-7-9-14(20-28(24,25)18-10-8-13(2)26-18)11-17(12)27(22,23)21-16-6-4-3-5-15(16)19/h3-11,20-21H,1-2H3. The molecule has 0 saturated heterocycles. The molecule has 0 aliphatic heterocycles. The van der Waals surface area contributed by atoms with E-state index < -0.39 is 25.9 Å². The SMILES string of the molecule is Cc1ccc(S(=O)(=O)Nc2ccc(C)c(S(=O)(=O)Nc3ccccc3F)c2)s1. The van der Waals surface area contributed by atoms with Crippen molar-refractivity contribution in [2.24, 2.45) is 0 Å². The van der Waals surface area contributed by atoms with Crippen LogP contribution in [0.3, 0.4) is 0 Å². The first-order valence-electron chi connectivity index (χ1n) is 8.06. The van der Waals surface area contributed by atoms with Gasteiger partial charge in [-0.25, -0.2) is 21.2 Å². The zero-order valence-electron chi connectivity index (χ0n) is 14.9. The summed E-state index contributed by atoms with van der Waals surface area (Å²) in [5.74, 6) is -0.714. The van der Waals surface area contributed by atoms with E-state index in [1.54, 1.807) is 19.9 Å². The molecule has 6 nitrogen and oxygen atoms in total. The van der Waals surface area contributed by atoms with Gasteiger partial charge < -0.3 is 0 Å². The summed E-state index contributed by atoms with van der Waals surface area (Å²) in [5, 5.41) is 0. The molecular weight excluding hydrogens is 423 g/mol. The highest BCUT2D eigenvalue weighted by Crippen LogP contribution is 2.27. The Balaban J connectivity index is 1.94. The van der Waals surface area contributed by atoms with Crippen LogP contribution in [0.1, 0.15) is 10.4 Å². The fourth-order valence-electron chi connectivity index (χ4n) is 2.46. The number of rotatable bonds is 6. The molecule has 1 aromatic heterocycles. The molecule has 0 saturated carbocycles. The topological polar surface area (TPSA) is 92.3 Å². The number of para-hydroxylation sites is 1. The van der Waals surface area contributed by atoms with Gasteiger partial charge >= 0.3 is 0 Å². The Morgan fingerprint density at radius 3 is 2.21 bits per heavy atom. The Hall–Kier alpha value is -2.43. The summed E-state index contributed by atoms with van der Waals surface area (Å²) < 4.78 is 68.9. The number of anilines is 2. The maximum Gasteiger partial charge on any atom is 0.271 e. The first kappa shape index (κ1) is 20.3. The van der Waals surface area contributed by atoms with Crippen molar-refractivity contribution in [2.45, 2.75) is 23.0 Å². The van der Waals surface area contributed by atoms with Gasteiger partial charge in [0.05, 0.1) is 16.3 Å². The van der Waals surface area contributed by atoms with Crippen LogP contribution < -0.4 is 9.44 Å². The molecule has 2 aromatic carbocycles. The van der Waals surface area contributed by atoms with Gasteiger partial charge in [0.2, 0.25) is 0 Å². The van der Waals surface area contributed by atoms with Gasteiger partial charge in [-0.2, -0.15) is 0 Å². The van der Waals surface area contributed by atoms with E-state index in [0.717, 1.165) is 22.3 Å². The number of sulfonamides is 2. The Kier molecular flexibility index (Phi) is 5.46. The quantitative estimate of drug-likeness (QED) is 0.603. The molecule has 0 aliphatic carbocycles. The van der Waals surface area contributed by atoms with Crippen LogP contribution in [0.5, 0.6) is 0 Å². The summed E-state index contributed by atoms with van der Waals surface area (Å²) >= 11 is 1.11. The highest BCUT2D eigenvalue weighted by Gasteiger charge is 2.21. The minimum Gasteiger partial charge on any atom is -0.279 e. The van der Waals surface area contributed by atoms with Gasteiger partial charge in [-0.05, 0) is 55.8 Å². The van der Waals surface area contributed by atoms with Crippen LogP contribution in [0.25, 0.3) is 0 Å². The van der Waals surface area contributed by atoms with Crippen LogP contribution in [-0.4, -0.2) is 16.8 Å². The van der Waals surface area contributed by atoms with Crippen LogP contribution >= 0.6 is 11.3 Å². The minimum absolute atomic E-state index is 0.0885. The third-order valence-corrected chi connectivity index (χ3v) is 8.21. The second-order valence-electron chi connectivity index (χ2n) is 6.04. The lowest BCUT2D eigenvalue weighted by molar-refractivity contribution is 0.597. The number of benzene rings is 2. The zero-order valence-corrected chi connectivity index (χ0v) is 17.4. The van der Waals surface area contributed by atoms with E-state index in [1.807, 2.05) is 0 Å². The molecular formula is C18H17FN2O4S3. The highest BCUT2D eigenvalue weighted by atomic mass is 32.2. The summed E-state index contributed by atoms with van der Waals surface area (Å²) in [6.07, 6.45) is 0. The highest BCUT2D eigenvalue weighted by molar-refractivity contribution is 7.94. The predicted molar refractivity (Wildman–Crippen MR) is 108 cm³/mol. The van der Waals surface area contributed by atoms with E-state index in [-0.39, 0.29) is 20.5 Å². The third kappa shape index (κ3) is 4.34. The van der Waals surface area contributed by atoms with Crippen molar-refractivity contribution in [3.8, 4) is 0 Å². The molecule has 0 bridgehead atoms. The van der Waals surface area contributed by atoms with Crippen molar-refractivity contribution in [1.82, 2.24) is 0 Å². The fourth-order valence-corrected chi connectivity index (χ4v) is 6.13. The monoisotopic (exact) mass is 440 g/mol. The van der Waals surface area contributed by atoms with Gasteiger partial charge in [-0.1, -0.05) is 18.2 Å². The molecule has 0 unspecified atom stereocenters. The normalized spacial score (nSPS) is 12.0. The van der Waals surface area contributed by atoms with Gasteiger partial charge in [0.15, 0.2) is 0 Å². The lowest BCUT2D eigenvalue weighted by atomic mass is 10.2. The summed E-state index contributed by atoms with van der Waals surface area (Å²) in [6.45, 7) is 3.35. The molecule has 0 aliphatic rings. The van der Waals surface area contributed by atoms with Crippen molar-refractivity contribution >= 4 is 42.8 Å². The van der Waals surface area contributed by atoms with Crippen LogP contribution in [-0.2, 0) is 20.0 Å². The number of hydrogen-bond donors (Lipinski definition) is 2. The Morgan fingerprint density at radius 1 is 0.857 bits per heavy atom. The van der Waals surface area contributed by atoms with Crippen molar-refractivity contribution in [1.29, 1.82) is 0 Å². The summed E-state index contributed by atoms with van der Waals surface area (Å²) in [4.78, 5) is 0.681. The Morgan fingerprint density at radius 2 is 1.57 bits per heavy atom. The molecule has 0 amide bonds. The summed E-state index contributed by atoms with van der Waals surface area (Å²) in [7, 11) is -7.97. The van der Waals surface area contributed by atoms with Gasteiger partial charge in [0.25, 0.3) is 20.0 Å². The zero-order chi connectivity index (χ0) is 20.5. The van der Waals surface area contributed by atoms with E-state index in [9.17, 15) is 21.2 Å². The lowest BCUT2D eigenvalue weighted by Gasteiger charge is -2.13. The van der Waals surface area contributed by atoms with Crippen LogP contribution in [0.4, 0.5) is 15.8 Å². The second-order valence-corrected chi connectivity index (χ2v) is 10.9. The van der Waals surface area contributed by atoms with E-state index in [2.05, 4.69) is 9.44 Å². The molecule has 2 N–H and O–H groups in total. The van der Waals surface area contributed by atoms with Crippen LogP contribution in [0, 0.1) is 19.7 Å². The summed E-state index contributed by atoms with van der Waals surface area (Å²) in [6, 6.07) is 12.7. The van der Waals surface area contributed by atoms with E-state index in [4.69, 9.17) is 0 Å². The molecule has 10 heteroatoms. The maximum absolute atomic E-state index is 13.8. The molecule has 0 fully saturated rings. The van der Waals surface area contributed by atoms with Gasteiger partial charge in [0.1, 0.15) is 10.0 Å². The Bertz CT molecular complexity index is 1240. The van der Waals surface area contributed by atoms with Crippen molar-refractivity contribution < 1.29 is 21.2 Å². The maximum atomic E-state index is 13.8. The van der Waals surface area contributed by atoms with Crippen molar-refractivity contribution in [3.63, 3.8) is 0 Å². The first-order valence-corrected chi connectivity index (χ1v) is 11.8. The van der Waals surface area contributed by atoms with Crippen molar-refractivity contribution in [3.05, 3.63) is 70.9 Å². The van der Waals surface area contributed by atoms with Gasteiger partial charge in [-0.3, -0.25) is 9.44 Å². The first-order chi connectivity index (χ1) is 13.1. The molecule has 1 heterocycles. The molecule has 0 radical (unpaired) electrons. The third-order valence-electron chi connectivity index (χ3n) is 3.83. The molecule has 3 rings (SSSR count). The number of aryl methyl sites for hydroxylation is 2. The molecule has 148 valence electrons. The number of halogens is 1.